The molecule has 0 aromatic heterocycles. The van der Waals surface area contributed by atoms with Gasteiger partial charge in [0.05, 0.1) is 32.4 Å². The van der Waals surface area contributed by atoms with Gasteiger partial charge in [0, 0.05) is 19.2 Å². The van der Waals surface area contributed by atoms with Crippen LogP contribution in [0.5, 0.6) is 23.0 Å². The lowest BCUT2D eigenvalue weighted by Gasteiger charge is -2.32. The molecule has 3 aliphatic heterocycles. The predicted octanol–water partition coefficient (Wildman–Crippen LogP) is 2.12. The number of benzene rings is 2. The summed E-state index contributed by atoms with van der Waals surface area (Å²) in [5.41, 5.74) is 2.77. The van der Waals surface area contributed by atoms with E-state index in [2.05, 4.69) is 4.90 Å². The molecule has 0 N–H and O–H groups in total. The molecule has 0 spiro atoms. The van der Waals surface area contributed by atoms with Crippen LogP contribution in [0.1, 0.15) is 17.5 Å². The summed E-state index contributed by atoms with van der Waals surface area (Å²) in [7, 11) is 3.22. The van der Waals surface area contributed by atoms with Crippen LogP contribution in [0.25, 0.3) is 0 Å². The third kappa shape index (κ3) is 2.95. The molecule has 5 rings (SSSR count). The Bertz CT molecular complexity index is 1040. The van der Waals surface area contributed by atoms with Crippen LogP contribution < -0.4 is 23.8 Å². The molecule has 1 saturated heterocycles. The normalized spacial score (nSPS) is 20.5. The highest BCUT2D eigenvalue weighted by atomic mass is 16.7. The lowest BCUT2D eigenvalue weighted by molar-refractivity contribution is -0.123. The monoisotopic (exact) mass is 410 g/mol. The molecule has 0 bridgehead atoms. The van der Waals surface area contributed by atoms with Gasteiger partial charge in [0.25, 0.3) is 5.91 Å². The van der Waals surface area contributed by atoms with E-state index >= 15 is 0 Å². The van der Waals surface area contributed by atoms with Gasteiger partial charge in [0.1, 0.15) is 0 Å². The fourth-order valence-electron chi connectivity index (χ4n) is 4.37. The minimum Gasteiger partial charge on any atom is -0.493 e. The summed E-state index contributed by atoms with van der Waals surface area (Å²) in [4.78, 5) is 29.3. The molecule has 0 saturated carbocycles. The van der Waals surface area contributed by atoms with Gasteiger partial charge in [0.15, 0.2) is 23.0 Å². The van der Waals surface area contributed by atoms with Crippen molar-refractivity contribution in [3.05, 3.63) is 41.5 Å². The summed E-state index contributed by atoms with van der Waals surface area (Å²) in [6, 6.07) is 8.59. The Labute approximate surface area is 173 Å². The smallest absolute Gasteiger partial charge is 0.251 e. The fraction of sp³-hybridized carbons (Fsp3) is 0.364. The molecule has 1 atom stereocenters. The van der Waals surface area contributed by atoms with Gasteiger partial charge in [-0.15, -0.1) is 0 Å². The third-order valence-corrected chi connectivity index (χ3v) is 5.93. The SMILES string of the molecule is COc1cc2c(cc1OC)CN([C@@H]1CC(=O)N(c3ccc4c(c3)OCO4)C1=O)CC2. The second-order valence-electron chi connectivity index (χ2n) is 7.52. The predicted molar refractivity (Wildman–Crippen MR) is 107 cm³/mol. The Morgan fingerprint density at radius 1 is 0.967 bits per heavy atom. The molecule has 156 valence electrons. The standard InChI is InChI=1S/C22H22N2O6/c1-27-18-7-13-5-6-23(11-14(13)8-19(18)28-2)16-10-21(25)24(22(16)26)15-3-4-17-20(9-15)30-12-29-17/h3-4,7-9,16H,5-6,10-12H2,1-2H3/t16-/m1/s1. The van der Waals surface area contributed by atoms with E-state index in [9.17, 15) is 9.59 Å². The zero-order valence-corrected chi connectivity index (χ0v) is 16.8. The number of hydrogen-bond donors (Lipinski definition) is 0. The van der Waals surface area contributed by atoms with Crippen molar-refractivity contribution in [3.8, 4) is 23.0 Å². The fourth-order valence-corrected chi connectivity index (χ4v) is 4.37. The Kier molecular flexibility index (Phi) is 4.51. The van der Waals surface area contributed by atoms with Gasteiger partial charge in [-0.05, 0) is 41.8 Å². The van der Waals surface area contributed by atoms with E-state index in [1.165, 1.54) is 10.5 Å². The Morgan fingerprint density at radius 3 is 2.47 bits per heavy atom. The van der Waals surface area contributed by atoms with E-state index < -0.39 is 6.04 Å². The number of hydrogen-bond acceptors (Lipinski definition) is 7. The van der Waals surface area contributed by atoms with Crippen LogP contribution in [0.2, 0.25) is 0 Å². The van der Waals surface area contributed by atoms with E-state index in [-0.39, 0.29) is 25.0 Å². The Morgan fingerprint density at radius 2 is 1.70 bits per heavy atom. The van der Waals surface area contributed by atoms with E-state index in [0.29, 0.717) is 41.8 Å². The molecular formula is C22H22N2O6. The van der Waals surface area contributed by atoms with Crippen molar-refractivity contribution in [2.75, 3.05) is 32.5 Å². The van der Waals surface area contributed by atoms with Crippen LogP contribution in [0.3, 0.4) is 0 Å². The van der Waals surface area contributed by atoms with Gasteiger partial charge >= 0.3 is 0 Å². The summed E-state index contributed by atoms with van der Waals surface area (Å²) in [6.07, 6.45) is 0.938. The van der Waals surface area contributed by atoms with Crippen LogP contribution in [0.4, 0.5) is 5.69 Å². The molecular weight excluding hydrogens is 388 g/mol. The minimum absolute atomic E-state index is 0.144. The number of amides is 2. The maximum atomic E-state index is 13.2. The van der Waals surface area contributed by atoms with Crippen molar-refractivity contribution < 1.29 is 28.5 Å². The maximum absolute atomic E-state index is 13.2. The average molecular weight is 410 g/mol. The molecule has 2 aromatic rings. The van der Waals surface area contributed by atoms with Crippen LogP contribution >= 0.6 is 0 Å². The lowest BCUT2D eigenvalue weighted by atomic mass is 9.97. The molecule has 0 aliphatic carbocycles. The van der Waals surface area contributed by atoms with Crippen molar-refractivity contribution in [1.82, 2.24) is 4.90 Å². The summed E-state index contributed by atoms with van der Waals surface area (Å²) in [6.45, 7) is 1.42. The van der Waals surface area contributed by atoms with Gasteiger partial charge in [0.2, 0.25) is 12.7 Å². The molecule has 3 aliphatic rings. The number of carbonyl (C=O) groups is 2. The number of rotatable bonds is 4. The summed E-state index contributed by atoms with van der Waals surface area (Å²) in [5.74, 6) is 2.11. The maximum Gasteiger partial charge on any atom is 0.251 e. The Hall–Kier alpha value is -3.26. The highest BCUT2D eigenvalue weighted by molar-refractivity contribution is 6.22. The summed E-state index contributed by atoms with van der Waals surface area (Å²) < 4.78 is 21.5. The third-order valence-electron chi connectivity index (χ3n) is 5.93. The van der Waals surface area contributed by atoms with E-state index in [1.54, 1.807) is 32.4 Å². The zero-order valence-electron chi connectivity index (χ0n) is 16.8. The molecule has 8 heteroatoms. The van der Waals surface area contributed by atoms with Crippen molar-refractivity contribution in [3.63, 3.8) is 0 Å². The second-order valence-corrected chi connectivity index (χ2v) is 7.52. The highest BCUT2D eigenvalue weighted by Gasteiger charge is 2.43. The number of nitrogens with zero attached hydrogens (tertiary/aromatic N) is 2. The van der Waals surface area contributed by atoms with E-state index in [4.69, 9.17) is 18.9 Å². The zero-order chi connectivity index (χ0) is 20.8. The first-order chi connectivity index (χ1) is 14.6. The van der Waals surface area contributed by atoms with Gasteiger partial charge in [-0.2, -0.15) is 0 Å². The van der Waals surface area contributed by atoms with E-state index in [1.807, 2.05) is 12.1 Å². The number of anilines is 1. The van der Waals surface area contributed by atoms with Crippen LogP contribution in [-0.4, -0.2) is 50.3 Å². The van der Waals surface area contributed by atoms with Crippen LogP contribution in [-0.2, 0) is 22.6 Å². The number of ether oxygens (including phenoxy) is 4. The average Bonchev–Trinajstić information content (AvgIpc) is 3.35. The van der Waals surface area contributed by atoms with E-state index in [0.717, 1.165) is 12.0 Å². The lowest BCUT2D eigenvalue weighted by Crippen LogP contribution is -2.44. The minimum atomic E-state index is -0.482. The quantitative estimate of drug-likeness (QED) is 0.715. The van der Waals surface area contributed by atoms with Gasteiger partial charge < -0.3 is 18.9 Å². The van der Waals surface area contributed by atoms with Crippen LogP contribution in [0.15, 0.2) is 30.3 Å². The van der Waals surface area contributed by atoms with Crippen molar-refractivity contribution in [2.45, 2.75) is 25.4 Å². The molecule has 1 fully saturated rings. The largest absolute Gasteiger partial charge is 0.493 e. The second kappa shape index (κ2) is 7.21. The van der Waals surface area contributed by atoms with Gasteiger partial charge in [-0.1, -0.05) is 0 Å². The number of methoxy groups -OCH3 is 2. The van der Waals surface area contributed by atoms with Gasteiger partial charge in [-0.3, -0.25) is 14.5 Å². The van der Waals surface area contributed by atoms with Crippen molar-refractivity contribution in [2.24, 2.45) is 0 Å². The molecule has 0 radical (unpaired) electrons. The summed E-state index contributed by atoms with van der Waals surface area (Å²) in [5, 5.41) is 0. The summed E-state index contributed by atoms with van der Waals surface area (Å²) >= 11 is 0. The molecule has 2 aromatic carbocycles. The van der Waals surface area contributed by atoms with Crippen LogP contribution in [0, 0.1) is 0 Å². The molecule has 3 heterocycles. The number of fused-ring (bicyclic) bond motifs is 2. The highest BCUT2D eigenvalue weighted by Crippen LogP contribution is 2.38. The Balaban J connectivity index is 1.38. The molecule has 30 heavy (non-hydrogen) atoms. The first-order valence-corrected chi connectivity index (χ1v) is 9.83. The van der Waals surface area contributed by atoms with Crippen molar-refractivity contribution >= 4 is 17.5 Å². The first kappa shape index (κ1) is 18.7. The van der Waals surface area contributed by atoms with Crippen molar-refractivity contribution in [1.29, 1.82) is 0 Å². The molecule has 8 nitrogen and oxygen atoms in total. The molecule has 0 unspecified atom stereocenters. The number of carbonyl (C=O) groups excluding carboxylic acids is 2. The molecule has 2 amide bonds. The first-order valence-electron chi connectivity index (χ1n) is 9.83. The topological polar surface area (TPSA) is 77.5 Å². The van der Waals surface area contributed by atoms with Gasteiger partial charge in [-0.25, -0.2) is 4.90 Å². The number of imide groups is 1.